The summed E-state index contributed by atoms with van der Waals surface area (Å²) in [6.07, 6.45) is 0. The summed E-state index contributed by atoms with van der Waals surface area (Å²) in [7, 11) is 0. The Morgan fingerprint density at radius 3 is 2.63 bits per heavy atom. The maximum Gasteiger partial charge on any atom is 0.257 e. The number of aryl methyl sites for hydroxylation is 1. The molecule has 0 radical (unpaired) electrons. The largest absolute Gasteiger partial charge is 0.306 e. The molecule has 0 saturated carbocycles. The lowest BCUT2D eigenvalue weighted by molar-refractivity contribution is 0.102. The molecule has 7 heteroatoms. The standard InChI is InChI=1S/C12H8BrCl2N3O/c1-6-4-7(13)2-3-8(6)11(19)17-10-5-9(14)16-12(15)18-10/h2-5H,1H3,(H,16,17,18,19). The monoisotopic (exact) mass is 359 g/mol. The van der Waals surface area contributed by atoms with Gasteiger partial charge in [-0.15, -0.1) is 0 Å². The number of halogens is 3. The molecule has 0 aliphatic rings. The predicted octanol–water partition coefficient (Wildman–Crippen LogP) is 4.11. The average molecular weight is 361 g/mol. The van der Waals surface area contributed by atoms with Crippen LogP contribution in [0.2, 0.25) is 10.4 Å². The lowest BCUT2D eigenvalue weighted by atomic mass is 10.1. The molecule has 1 N–H and O–H groups in total. The van der Waals surface area contributed by atoms with Crippen molar-refractivity contribution >= 4 is 50.9 Å². The zero-order valence-corrected chi connectivity index (χ0v) is 12.8. The molecule has 1 aromatic heterocycles. The molecule has 1 aromatic carbocycles. The van der Waals surface area contributed by atoms with Gasteiger partial charge in [-0.3, -0.25) is 4.79 Å². The van der Waals surface area contributed by atoms with Gasteiger partial charge in [0.05, 0.1) is 0 Å². The Morgan fingerprint density at radius 1 is 1.26 bits per heavy atom. The van der Waals surface area contributed by atoms with Gasteiger partial charge in [-0.1, -0.05) is 27.5 Å². The number of carbonyl (C=O) groups excluding carboxylic acids is 1. The van der Waals surface area contributed by atoms with Crippen molar-refractivity contribution in [2.24, 2.45) is 0 Å². The zero-order chi connectivity index (χ0) is 14.0. The van der Waals surface area contributed by atoms with Crippen LogP contribution in [0.3, 0.4) is 0 Å². The number of aromatic nitrogens is 2. The topological polar surface area (TPSA) is 54.9 Å². The van der Waals surface area contributed by atoms with Crippen molar-refractivity contribution in [3.05, 3.63) is 50.3 Å². The molecule has 4 nitrogen and oxygen atoms in total. The molecule has 0 fully saturated rings. The Bertz CT molecular complexity index is 629. The molecule has 0 spiro atoms. The van der Waals surface area contributed by atoms with Gasteiger partial charge in [0.25, 0.3) is 5.91 Å². The quantitative estimate of drug-likeness (QED) is 0.647. The van der Waals surface area contributed by atoms with E-state index < -0.39 is 0 Å². The van der Waals surface area contributed by atoms with E-state index in [-0.39, 0.29) is 22.2 Å². The van der Waals surface area contributed by atoms with Gasteiger partial charge in [-0.25, -0.2) is 9.97 Å². The van der Waals surface area contributed by atoms with Crippen LogP contribution in [-0.4, -0.2) is 15.9 Å². The molecule has 19 heavy (non-hydrogen) atoms. The third-order valence-corrected chi connectivity index (χ3v) is 3.20. The molecule has 0 saturated heterocycles. The summed E-state index contributed by atoms with van der Waals surface area (Å²) in [6.45, 7) is 1.85. The van der Waals surface area contributed by atoms with Crippen molar-refractivity contribution in [3.8, 4) is 0 Å². The molecule has 2 rings (SSSR count). The Labute approximate surface area is 128 Å². The smallest absolute Gasteiger partial charge is 0.257 e. The number of nitrogens with one attached hydrogen (secondary N) is 1. The van der Waals surface area contributed by atoms with Crippen LogP contribution in [0.1, 0.15) is 15.9 Å². The van der Waals surface area contributed by atoms with E-state index in [0.717, 1.165) is 10.0 Å². The fourth-order valence-corrected chi connectivity index (χ4v) is 2.40. The van der Waals surface area contributed by atoms with E-state index in [4.69, 9.17) is 23.2 Å². The van der Waals surface area contributed by atoms with E-state index in [2.05, 4.69) is 31.2 Å². The molecule has 98 valence electrons. The molecule has 1 amide bonds. The molecule has 1 heterocycles. The lowest BCUT2D eigenvalue weighted by Gasteiger charge is -2.07. The normalized spacial score (nSPS) is 10.3. The third kappa shape index (κ3) is 3.65. The maximum atomic E-state index is 12.1. The summed E-state index contributed by atoms with van der Waals surface area (Å²) in [5, 5.41) is 2.78. The number of nitrogens with zero attached hydrogens (tertiary/aromatic N) is 2. The van der Waals surface area contributed by atoms with E-state index >= 15 is 0 Å². The fourth-order valence-electron chi connectivity index (χ4n) is 1.52. The number of hydrogen-bond acceptors (Lipinski definition) is 3. The van der Waals surface area contributed by atoms with Crippen LogP contribution in [0, 0.1) is 6.92 Å². The maximum absolute atomic E-state index is 12.1. The lowest BCUT2D eigenvalue weighted by Crippen LogP contribution is -2.14. The highest BCUT2D eigenvalue weighted by Gasteiger charge is 2.11. The summed E-state index contributed by atoms with van der Waals surface area (Å²) >= 11 is 14.8. The second kappa shape index (κ2) is 5.86. The van der Waals surface area contributed by atoms with Crippen molar-refractivity contribution < 1.29 is 4.79 Å². The van der Waals surface area contributed by atoms with Gasteiger partial charge in [0.1, 0.15) is 11.0 Å². The van der Waals surface area contributed by atoms with Gasteiger partial charge in [0, 0.05) is 16.1 Å². The van der Waals surface area contributed by atoms with Crippen LogP contribution in [0.5, 0.6) is 0 Å². The molecule has 0 bridgehead atoms. The highest BCUT2D eigenvalue weighted by molar-refractivity contribution is 9.10. The Kier molecular flexibility index (Phi) is 4.39. The minimum atomic E-state index is -0.282. The van der Waals surface area contributed by atoms with Gasteiger partial charge >= 0.3 is 0 Å². The summed E-state index contributed by atoms with van der Waals surface area (Å²) in [4.78, 5) is 19.7. The summed E-state index contributed by atoms with van der Waals surface area (Å²) in [6, 6.07) is 6.80. The predicted molar refractivity (Wildman–Crippen MR) is 78.9 cm³/mol. The molecule has 0 atom stereocenters. The van der Waals surface area contributed by atoms with Crippen LogP contribution in [0.4, 0.5) is 5.82 Å². The minimum Gasteiger partial charge on any atom is -0.306 e. The van der Waals surface area contributed by atoms with Gasteiger partial charge in [0.15, 0.2) is 0 Å². The van der Waals surface area contributed by atoms with Crippen LogP contribution in [0.25, 0.3) is 0 Å². The Morgan fingerprint density at radius 2 is 2.00 bits per heavy atom. The molecule has 0 aliphatic carbocycles. The summed E-state index contributed by atoms with van der Waals surface area (Å²) in [5.41, 5.74) is 1.40. The fraction of sp³-hybridized carbons (Fsp3) is 0.0833. The molecule has 0 unspecified atom stereocenters. The Hall–Kier alpha value is -1.17. The number of amides is 1. The van der Waals surface area contributed by atoms with Gasteiger partial charge < -0.3 is 5.32 Å². The van der Waals surface area contributed by atoms with Crippen LogP contribution in [0.15, 0.2) is 28.7 Å². The number of carbonyl (C=O) groups is 1. The first-order valence-electron chi connectivity index (χ1n) is 5.23. The van der Waals surface area contributed by atoms with Gasteiger partial charge in [0.2, 0.25) is 5.28 Å². The van der Waals surface area contributed by atoms with Crippen LogP contribution >= 0.6 is 39.1 Å². The SMILES string of the molecule is Cc1cc(Br)ccc1C(=O)Nc1cc(Cl)nc(Cl)n1. The van der Waals surface area contributed by atoms with E-state index in [0.29, 0.717) is 5.56 Å². The van der Waals surface area contributed by atoms with Crippen molar-refractivity contribution in [2.45, 2.75) is 6.92 Å². The van der Waals surface area contributed by atoms with Crippen LogP contribution in [-0.2, 0) is 0 Å². The Balaban J connectivity index is 2.25. The van der Waals surface area contributed by atoms with E-state index in [1.807, 2.05) is 13.0 Å². The van der Waals surface area contributed by atoms with Crippen molar-refractivity contribution in [1.82, 2.24) is 9.97 Å². The summed E-state index contributed by atoms with van der Waals surface area (Å²) in [5.74, 6) is -0.0202. The number of anilines is 1. The van der Waals surface area contributed by atoms with Crippen molar-refractivity contribution in [1.29, 1.82) is 0 Å². The van der Waals surface area contributed by atoms with E-state index in [1.54, 1.807) is 12.1 Å². The van der Waals surface area contributed by atoms with Crippen LogP contribution < -0.4 is 5.32 Å². The molecular weight excluding hydrogens is 353 g/mol. The minimum absolute atomic E-state index is 0.0182. The van der Waals surface area contributed by atoms with E-state index in [1.165, 1.54) is 6.07 Å². The second-order valence-corrected chi connectivity index (χ2v) is 5.40. The van der Waals surface area contributed by atoms with Gasteiger partial charge in [-0.2, -0.15) is 0 Å². The number of hydrogen-bond donors (Lipinski definition) is 1. The first-order valence-corrected chi connectivity index (χ1v) is 6.78. The molecule has 0 aliphatic heterocycles. The average Bonchev–Trinajstić information content (AvgIpc) is 2.26. The highest BCUT2D eigenvalue weighted by Crippen LogP contribution is 2.18. The second-order valence-electron chi connectivity index (χ2n) is 3.76. The highest BCUT2D eigenvalue weighted by atomic mass is 79.9. The number of benzene rings is 1. The number of rotatable bonds is 2. The third-order valence-electron chi connectivity index (χ3n) is 2.34. The molecular formula is C12H8BrCl2N3O. The zero-order valence-electron chi connectivity index (χ0n) is 9.75. The first-order chi connectivity index (χ1) is 8.95. The van der Waals surface area contributed by atoms with Crippen molar-refractivity contribution in [3.63, 3.8) is 0 Å². The summed E-state index contributed by atoms with van der Waals surface area (Å²) < 4.78 is 0.912. The van der Waals surface area contributed by atoms with E-state index in [9.17, 15) is 4.79 Å². The van der Waals surface area contributed by atoms with Crippen molar-refractivity contribution in [2.75, 3.05) is 5.32 Å². The molecule has 2 aromatic rings. The first kappa shape index (κ1) is 14.2. The van der Waals surface area contributed by atoms with Gasteiger partial charge in [-0.05, 0) is 42.3 Å².